The Morgan fingerprint density at radius 2 is 1.55 bits per heavy atom. The first kappa shape index (κ1) is 21.5. The fourth-order valence-corrected chi connectivity index (χ4v) is 2.46. The maximum atomic E-state index is 12.5. The van der Waals surface area contributed by atoms with Crippen molar-refractivity contribution in [1.29, 1.82) is 0 Å². The first-order valence-corrected chi connectivity index (χ1v) is 9.02. The van der Waals surface area contributed by atoms with Gasteiger partial charge >= 0.3 is 11.9 Å². The molecule has 0 saturated carbocycles. The Morgan fingerprint density at radius 1 is 1.00 bits per heavy atom. The number of carboxylic acids is 2. The molecule has 0 aliphatic carbocycles. The largest absolute Gasteiger partial charge is 0.473 e. The minimum atomic E-state index is -1.82. The molecule has 0 amide bonds. The van der Waals surface area contributed by atoms with Crippen molar-refractivity contribution >= 4 is 24.1 Å². The lowest BCUT2D eigenvalue weighted by molar-refractivity contribution is -0.159. The smallest absolute Gasteiger partial charge is 0.414 e. The molecule has 10 nitrogen and oxygen atoms in total. The van der Waals surface area contributed by atoms with E-state index in [0.717, 1.165) is 11.3 Å². The molecule has 3 aromatic rings. The van der Waals surface area contributed by atoms with Crippen molar-refractivity contribution in [3.05, 3.63) is 85.0 Å². The highest BCUT2D eigenvalue weighted by Crippen LogP contribution is 2.22. The summed E-state index contributed by atoms with van der Waals surface area (Å²) in [5.74, 6) is -3.65. The molecule has 2 aromatic heterocycles. The number of carbonyl (C=O) groups is 2. The van der Waals surface area contributed by atoms with Crippen LogP contribution in [0.5, 0.6) is 0 Å². The zero-order valence-electron chi connectivity index (χ0n) is 18.0. The van der Waals surface area contributed by atoms with Crippen LogP contribution in [0.1, 0.15) is 39.1 Å². The molecule has 1 aromatic carbocycles. The normalized spacial score (nSPS) is 13.0. The van der Waals surface area contributed by atoms with Crippen LogP contribution in [-0.4, -0.2) is 42.1 Å². The molecule has 0 aliphatic rings. The summed E-state index contributed by atoms with van der Waals surface area (Å²) in [7, 11) is 0. The van der Waals surface area contributed by atoms with Gasteiger partial charge in [0.15, 0.2) is 0 Å². The average Bonchev–Trinajstić information content (AvgIpc) is 3.22. The van der Waals surface area contributed by atoms with Crippen LogP contribution in [0, 0.1) is 0 Å². The van der Waals surface area contributed by atoms with E-state index in [4.69, 9.17) is 21.2 Å². The first-order valence-electron chi connectivity index (χ1n) is 9.52. The lowest BCUT2D eigenvalue weighted by Gasteiger charge is -2.16. The third-order valence-corrected chi connectivity index (χ3v) is 3.88. The molecule has 0 aliphatic heterocycles. The van der Waals surface area contributed by atoms with Crippen LogP contribution in [0.2, 0.25) is 0 Å². The van der Waals surface area contributed by atoms with E-state index in [2.05, 4.69) is 19.9 Å². The van der Waals surface area contributed by atoms with Crippen LogP contribution in [-0.2, 0) is 15.0 Å². The van der Waals surface area contributed by atoms with Crippen molar-refractivity contribution in [3.63, 3.8) is 0 Å². The van der Waals surface area contributed by atoms with Gasteiger partial charge in [-0.05, 0) is 17.7 Å². The molecular weight excluding hydrogens is 404 g/mol. The van der Waals surface area contributed by atoms with Gasteiger partial charge in [-0.3, -0.25) is 9.59 Å². The molecule has 162 valence electrons. The van der Waals surface area contributed by atoms with Crippen LogP contribution in [0.25, 0.3) is 12.1 Å². The minimum absolute atomic E-state index is 0.113. The Hall–Kier alpha value is -4.21. The second kappa shape index (κ2) is 9.53. The number of aromatic amines is 3. The van der Waals surface area contributed by atoms with Crippen LogP contribution in [0.3, 0.4) is 0 Å². The number of nitrogens with zero attached hydrogens (tertiary/aromatic N) is 1. The molecular formula is C21H22N4O6. The Balaban J connectivity index is 0.000000534. The predicted molar refractivity (Wildman–Crippen MR) is 113 cm³/mol. The van der Waals surface area contributed by atoms with E-state index in [1.165, 1.54) is 6.33 Å². The summed E-state index contributed by atoms with van der Waals surface area (Å²) in [6.07, 6.45) is 3.07. The van der Waals surface area contributed by atoms with Gasteiger partial charge in [0, 0.05) is 11.1 Å². The van der Waals surface area contributed by atoms with E-state index in [0.29, 0.717) is 5.69 Å². The monoisotopic (exact) mass is 427 g/mol. The average molecular weight is 427 g/mol. The molecule has 0 fully saturated rings. The van der Waals surface area contributed by atoms with Crippen molar-refractivity contribution < 1.29 is 21.2 Å². The van der Waals surface area contributed by atoms with Gasteiger partial charge < -0.3 is 25.2 Å². The number of hydrogen-bond donors (Lipinski definition) is 5. The summed E-state index contributed by atoms with van der Waals surface area (Å²) in [4.78, 5) is 55.3. The molecule has 0 saturated heterocycles. The van der Waals surface area contributed by atoms with Gasteiger partial charge in [0.2, 0.25) is 0 Å². The van der Waals surface area contributed by atoms with E-state index in [9.17, 15) is 9.59 Å². The maximum absolute atomic E-state index is 12.5. The van der Waals surface area contributed by atoms with Crippen molar-refractivity contribution in [1.82, 2.24) is 19.9 Å². The van der Waals surface area contributed by atoms with Gasteiger partial charge in [0.05, 0.1) is 13.4 Å². The Morgan fingerprint density at radius 3 is 2.10 bits per heavy atom. The fourth-order valence-electron chi connectivity index (χ4n) is 2.46. The third kappa shape index (κ3) is 6.39. The van der Waals surface area contributed by atoms with Crippen LogP contribution >= 0.6 is 0 Å². The lowest BCUT2D eigenvalue weighted by Crippen LogP contribution is -2.46. The summed E-state index contributed by atoms with van der Waals surface area (Å²) in [6.45, 7) is 5.92. The van der Waals surface area contributed by atoms with Gasteiger partial charge in [-0.15, -0.1) is 0 Å². The second-order valence-electron chi connectivity index (χ2n) is 7.36. The van der Waals surface area contributed by atoms with E-state index in [-0.39, 0.29) is 22.2 Å². The number of rotatable bonds is 2. The van der Waals surface area contributed by atoms with E-state index in [1.807, 2.05) is 51.1 Å². The summed E-state index contributed by atoms with van der Waals surface area (Å²) in [5.41, 5.74) is 0.562. The standard InChI is InChI=1S/C19H20N4O2.C2H2O4/c1-19(2,3)16-13(20-11-21-16)10-15-18(25)22-14(17(24)23-15)9-12-7-5-4-6-8-12;3-1(4)2(5)6/h4-11H,1-3H3,(H,20,21)(H,22,25)(H,23,24);(H,3,4)(H,5,6)/b14-9-,15-10-;/i10D;. The molecule has 0 radical (unpaired) electrons. The zero-order chi connectivity index (χ0) is 24.1. The first-order chi connectivity index (χ1) is 14.9. The Labute approximate surface area is 177 Å². The summed E-state index contributed by atoms with van der Waals surface area (Å²) in [6, 6.07) is 9.08. The summed E-state index contributed by atoms with van der Waals surface area (Å²) >= 11 is 0. The van der Waals surface area contributed by atoms with E-state index < -0.39 is 23.1 Å². The highest BCUT2D eigenvalue weighted by molar-refractivity contribution is 6.27. The van der Waals surface area contributed by atoms with Crippen molar-refractivity contribution in [3.8, 4) is 0 Å². The van der Waals surface area contributed by atoms with Gasteiger partial charge in [-0.1, -0.05) is 51.1 Å². The second-order valence-corrected chi connectivity index (χ2v) is 7.36. The van der Waals surface area contributed by atoms with Gasteiger partial charge in [-0.25, -0.2) is 14.6 Å². The number of benzene rings is 1. The molecule has 10 heteroatoms. The Kier molecular flexibility index (Phi) is 6.61. The number of aliphatic carboxylic acids is 2. The SMILES string of the molecule is O=C(O)C(=O)O.[2H]/C(c1nc[nH]c1C(C)(C)C)=c1/[nH]c(=O)/c(=C/c2ccccc2)[nH]c1=O. The fraction of sp³-hybridized carbons (Fsp3) is 0.190. The van der Waals surface area contributed by atoms with Crippen LogP contribution in [0.15, 0.2) is 46.2 Å². The van der Waals surface area contributed by atoms with Crippen LogP contribution in [0.4, 0.5) is 0 Å². The van der Waals surface area contributed by atoms with Gasteiger partial charge in [0.25, 0.3) is 11.1 Å². The highest BCUT2D eigenvalue weighted by Gasteiger charge is 2.19. The quantitative estimate of drug-likeness (QED) is 0.356. The number of H-pyrrole nitrogens is 3. The zero-order valence-corrected chi connectivity index (χ0v) is 17.0. The summed E-state index contributed by atoms with van der Waals surface area (Å²) in [5, 5.41) is 14.8. The topological polar surface area (TPSA) is 169 Å². The molecule has 0 atom stereocenters. The number of nitrogens with one attached hydrogen (secondary N) is 3. The number of aromatic nitrogens is 4. The van der Waals surface area contributed by atoms with Crippen molar-refractivity contribution in [2.75, 3.05) is 0 Å². The van der Waals surface area contributed by atoms with E-state index in [1.54, 1.807) is 6.08 Å². The molecule has 0 bridgehead atoms. The van der Waals surface area contributed by atoms with Gasteiger partial charge in [-0.2, -0.15) is 0 Å². The molecule has 0 unspecified atom stereocenters. The predicted octanol–water partition coefficient (Wildman–Crippen LogP) is -0.103. The lowest BCUT2D eigenvalue weighted by atomic mass is 9.90. The molecule has 31 heavy (non-hydrogen) atoms. The molecule has 3 rings (SSSR count). The summed E-state index contributed by atoms with van der Waals surface area (Å²) < 4.78 is 8.35. The van der Waals surface area contributed by atoms with Crippen LogP contribution < -0.4 is 21.8 Å². The molecule has 0 spiro atoms. The van der Waals surface area contributed by atoms with Crippen molar-refractivity contribution in [2.24, 2.45) is 0 Å². The van der Waals surface area contributed by atoms with Gasteiger partial charge in [0.1, 0.15) is 10.7 Å². The molecule has 2 heterocycles. The number of hydrogen-bond acceptors (Lipinski definition) is 5. The Bertz CT molecular complexity index is 1350. The van der Waals surface area contributed by atoms with Crippen molar-refractivity contribution in [2.45, 2.75) is 26.2 Å². The maximum Gasteiger partial charge on any atom is 0.414 e. The molecule has 5 N–H and O–H groups in total. The van der Waals surface area contributed by atoms with E-state index >= 15 is 0 Å². The minimum Gasteiger partial charge on any atom is -0.473 e. The number of carboxylic acid groups (broad SMARTS) is 2. The highest BCUT2D eigenvalue weighted by atomic mass is 16.4. The number of imidazole rings is 1. The third-order valence-electron chi connectivity index (χ3n) is 3.88.